The second-order valence-corrected chi connectivity index (χ2v) is 3.20. The molecule has 0 spiro atoms. The minimum Gasteiger partial charge on any atom is -0.274 e. The fourth-order valence-corrected chi connectivity index (χ4v) is 1.13. The molecule has 0 saturated heterocycles. The molecule has 4 heteroatoms. The third-order valence-electron chi connectivity index (χ3n) is 1.65. The second-order valence-electron chi connectivity index (χ2n) is 2.76. The molecule has 1 aromatic heterocycles. The van der Waals surface area contributed by atoms with E-state index < -0.39 is 0 Å². The molecule has 13 heavy (non-hydrogen) atoms. The molecular formula is C9H8ClN3. The average molecular weight is 194 g/mol. The van der Waals surface area contributed by atoms with Crippen molar-refractivity contribution in [3.05, 3.63) is 35.7 Å². The first-order valence-electron chi connectivity index (χ1n) is 3.86. The fraction of sp³-hybridized carbons (Fsp3) is 0.111. The number of aryl methyl sites for hydroxylation is 1. The van der Waals surface area contributed by atoms with Crippen LogP contribution in [-0.2, 0) is 7.05 Å². The zero-order valence-corrected chi connectivity index (χ0v) is 7.86. The lowest BCUT2D eigenvalue weighted by atomic mass is 10.6. The Morgan fingerprint density at radius 2 is 2.31 bits per heavy atom. The summed E-state index contributed by atoms with van der Waals surface area (Å²) >= 11 is 5.48. The van der Waals surface area contributed by atoms with E-state index in [-0.39, 0.29) is 0 Å². The summed E-state index contributed by atoms with van der Waals surface area (Å²) in [6, 6.07) is 4.06. The Hall–Kier alpha value is -1.35. The summed E-state index contributed by atoms with van der Waals surface area (Å²) in [6.07, 6.45) is 5.16. The van der Waals surface area contributed by atoms with Crippen molar-refractivity contribution in [2.75, 3.05) is 0 Å². The molecule has 2 aliphatic rings. The molecule has 0 unspecified atom stereocenters. The van der Waals surface area contributed by atoms with Crippen LogP contribution in [0.5, 0.6) is 0 Å². The maximum atomic E-state index is 5.48. The van der Waals surface area contributed by atoms with Crippen LogP contribution < -0.4 is 0 Å². The number of hydrogen-bond donors (Lipinski definition) is 0. The van der Waals surface area contributed by atoms with Crippen molar-refractivity contribution in [1.29, 1.82) is 0 Å². The largest absolute Gasteiger partial charge is 0.274 e. The van der Waals surface area contributed by atoms with Crippen molar-refractivity contribution >= 4 is 11.6 Å². The van der Waals surface area contributed by atoms with E-state index in [4.69, 9.17) is 11.6 Å². The SMILES string of the molecule is Cn1cc(Cl)cn1.c1cc2cc-2n1. The van der Waals surface area contributed by atoms with E-state index >= 15 is 0 Å². The van der Waals surface area contributed by atoms with Gasteiger partial charge in [-0.3, -0.25) is 9.67 Å². The van der Waals surface area contributed by atoms with E-state index in [0.717, 1.165) is 0 Å². The smallest absolute Gasteiger partial charge is 0.0785 e. The van der Waals surface area contributed by atoms with Crippen molar-refractivity contribution in [3.8, 4) is 11.3 Å². The highest BCUT2D eigenvalue weighted by Crippen LogP contribution is 2.29. The van der Waals surface area contributed by atoms with Crippen LogP contribution in [0.15, 0.2) is 30.7 Å². The Bertz CT molecular complexity index is 389. The molecule has 1 aliphatic carbocycles. The first-order valence-corrected chi connectivity index (χ1v) is 4.24. The van der Waals surface area contributed by atoms with Crippen LogP contribution in [0.1, 0.15) is 0 Å². The van der Waals surface area contributed by atoms with E-state index in [1.54, 1.807) is 17.1 Å². The Balaban J connectivity index is 0.000000101. The molecule has 0 amide bonds. The summed E-state index contributed by atoms with van der Waals surface area (Å²) in [5.41, 5.74) is 2.49. The Labute approximate surface area is 81.0 Å². The van der Waals surface area contributed by atoms with Gasteiger partial charge in [-0.1, -0.05) is 11.6 Å². The lowest BCUT2D eigenvalue weighted by Gasteiger charge is -1.77. The number of pyridine rings is 1. The molecule has 3 nitrogen and oxygen atoms in total. The van der Waals surface area contributed by atoms with Crippen LogP contribution in [0.3, 0.4) is 0 Å². The van der Waals surface area contributed by atoms with Gasteiger partial charge in [-0.2, -0.15) is 5.10 Å². The van der Waals surface area contributed by atoms with Crippen LogP contribution in [-0.4, -0.2) is 14.8 Å². The summed E-state index contributed by atoms with van der Waals surface area (Å²) in [5, 5.41) is 4.48. The zero-order chi connectivity index (χ0) is 9.26. The summed E-state index contributed by atoms with van der Waals surface area (Å²) in [6.45, 7) is 0. The maximum Gasteiger partial charge on any atom is 0.0785 e. The van der Waals surface area contributed by atoms with Crippen LogP contribution in [0.25, 0.3) is 11.3 Å². The van der Waals surface area contributed by atoms with E-state index in [1.165, 1.54) is 11.3 Å². The summed E-state index contributed by atoms with van der Waals surface area (Å²) < 4.78 is 1.66. The predicted molar refractivity (Wildman–Crippen MR) is 51.4 cm³/mol. The van der Waals surface area contributed by atoms with Gasteiger partial charge in [0, 0.05) is 25.0 Å². The number of rotatable bonds is 0. The number of hydrogen-bond acceptors (Lipinski definition) is 2. The predicted octanol–water partition coefficient (Wildman–Crippen LogP) is 2.14. The third kappa shape index (κ3) is 2.06. The monoisotopic (exact) mass is 193 g/mol. The highest BCUT2D eigenvalue weighted by Gasteiger charge is 2.09. The molecule has 0 radical (unpaired) electrons. The normalized spacial score (nSPS) is 10.3. The van der Waals surface area contributed by atoms with Gasteiger partial charge < -0.3 is 0 Å². The fourth-order valence-electron chi connectivity index (χ4n) is 0.946. The standard InChI is InChI=1S/C5H3N.C4H5ClN2/c1-2-6-5-3-4(1)5;1-7-3-4(5)2-6-7/h1-3H;2-3H,1H3. The summed E-state index contributed by atoms with van der Waals surface area (Å²) in [5.74, 6) is 0. The first-order chi connectivity index (χ1) is 6.25. The summed E-state index contributed by atoms with van der Waals surface area (Å²) in [4.78, 5) is 3.95. The topological polar surface area (TPSA) is 30.7 Å². The molecule has 0 fully saturated rings. The molecule has 1 aromatic rings. The van der Waals surface area contributed by atoms with Crippen molar-refractivity contribution in [2.45, 2.75) is 0 Å². The van der Waals surface area contributed by atoms with Crippen LogP contribution in [0.4, 0.5) is 0 Å². The molecule has 0 saturated carbocycles. The van der Waals surface area contributed by atoms with Gasteiger partial charge >= 0.3 is 0 Å². The van der Waals surface area contributed by atoms with Crippen LogP contribution in [0.2, 0.25) is 5.02 Å². The van der Waals surface area contributed by atoms with Gasteiger partial charge in [0.25, 0.3) is 0 Å². The van der Waals surface area contributed by atoms with Gasteiger partial charge in [0.15, 0.2) is 0 Å². The van der Waals surface area contributed by atoms with Gasteiger partial charge in [0.05, 0.1) is 16.9 Å². The molecule has 66 valence electrons. The van der Waals surface area contributed by atoms with Gasteiger partial charge in [-0.05, 0) is 12.1 Å². The molecule has 0 bridgehead atoms. The van der Waals surface area contributed by atoms with Gasteiger partial charge in [-0.15, -0.1) is 0 Å². The van der Waals surface area contributed by atoms with E-state index in [0.29, 0.717) is 5.02 Å². The minimum absolute atomic E-state index is 0.683. The molecule has 2 heterocycles. The Kier molecular flexibility index (Phi) is 2.02. The van der Waals surface area contributed by atoms with Crippen LogP contribution in [0, 0.1) is 0 Å². The molecular weight excluding hydrogens is 186 g/mol. The van der Waals surface area contributed by atoms with E-state index in [2.05, 4.69) is 16.1 Å². The number of aromatic nitrogens is 3. The first kappa shape index (κ1) is 8.26. The Morgan fingerprint density at radius 3 is 2.46 bits per heavy atom. The van der Waals surface area contributed by atoms with Gasteiger partial charge in [0.1, 0.15) is 0 Å². The molecule has 0 aromatic carbocycles. The lowest BCUT2D eigenvalue weighted by Crippen LogP contribution is -1.83. The van der Waals surface area contributed by atoms with Crippen molar-refractivity contribution in [3.63, 3.8) is 0 Å². The highest BCUT2D eigenvalue weighted by molar-refractivity contribution is 6.30. The van der Waals surface area contributed by atoms with Crippen molar-refractivity contribution in [2.24, 2.45) is 7.05 Å². The highest BCUT2D eigenvalue weighted by atomic mass is 35.5. The quantitative estimate of drug-likeness (QED) is 0.548. The number of nitrogens with zero attached hydrogens (tertiary/aromatic N) is 3. The number of halogens is 1. The number of fused-ring (bicyclic) bond motifs is 1. The van der Waals surface area contributed by atoms with E-state index in [1.807, 2.05) is 19.3 Å². The van der Waals surface area contributed by atoms with Crippen LogP contribution >= 0.6 is 11.6 Å². The van der Waals surface area contributed by atoms with Crippen molar-refractivity contribution in [1.82, 2.24) is 14.8 Å². The third-order valence-corrected chi connectivity index (χ3v) is 1.84. The van der Waals surface area contributed by atoms with Crippen molar-refractivity contribution < 1.29 is 0 Å². The molecule has 0 atom stereocenters. The second kappa shape index (κ2) is 3.18. The molecule has 0 N–H and O–H groups in total. The minimum atomic E-state index is 0.683. The average Bonchev–Trinajstić information content (AvgIpc) is 2.53. The van der Waals surface area contributed by atoms with Gasteiger partial charge in [-0.25, -0.2) is 0 Å². The maximum absolute atomic E-state index is 5.48. The summed E-state index contributed by atoms with van der Waals surface area (Å²) in [7, 11) is 1.83. The molecule has 3 rings (SSSR count). The van der Waals surface area contributed by atoms with Gasteiger partial charge in [0.2, 0.25) is 0 Å². The lowest BCUT2D eigenvalue weighted by molar-refractivity contribution is 0.768. The Morgan fingerprint density at radius 1 is 1.46 bits per heavy atom. The zero-order valence-electron chi connectivity index (χ0n) is 7.11. The molecule has 1 aliphatic heterocycles. The van der Waals surface area contributed by atoms with E-state index in [9.17, 15) is 0 Å².